The van der Waals surface area contributed by atoms with Gasteiger partial charge >= 0.3 is 0 Å². The molecule has 0 saturated heterocycles. The summed E-state index contributed by atoms with van der Waals surface area (Å²) < 4.78 is 0. The van der Waals surface area contributed by atoms with E-state index >= 15 is 0 Å². The number of hydrogen-bond donors (Lipinski definition) is 2. The molecule has 0 heterocycles. The number of amides is 1. The molecular formula is C13H18ClN3O3. The Bertz CT molecular complexity index is 520. The largest absolute Gasteiger partial charge is 0.330 e. The summed E-state index contributed by atoms with van der Waals surface area (Å²) in [5.41, 5.74) is 6.33. The number of aryl methyl sites for hydroxylation is 1. The highest BCUT2D eigenvalue weighted by molar-refractivity contribution is 6.33. The highest BCUT2D eigenvalue weighted by atomic mass is 35.5. The van der Waals surface area contributed by atoms with Crippen LogP contribution >= 0.6 is 11.6 Å². The third-order valence-electron chi connectivity index (χ3n) is 3.04. The Labute approximate surface area is 122 Å². The van der Waals surface area contributed by atoms with E-state index in [0.29, 0.717) is 24.2 Å². The standard InChI is InChI=1S/C13H18ClN3O3/c1-8(4-3-5-15)13(18)16-11-7-10(14)12(17(19)20)6-9(11)2/h6-8H,3-5,15H2,1-2H3,(H,16,18). The molecule has 0 aromatic heterocycles. The molecule has 0 aliphatic heterocycles. The molecule has 1 atom stereocenters. The van der Waals surface area contributed by atoms with Crippen LogP contribution in [0.4, 0.5) is 11.4 Å². The van der Waals surface area contributed by atoms with E-state index in [2.05, 4.69) is 5.32 Å². The first-order valence-electron chi connectivity index (χ1n) is 6.32. The highest BCUT2D eigenvalue weighted by Crippen LogP contribution is 2.30. The zero-order valence-electron chi connectivity index (χ0n) is 11.5. The molecule has 110 valence electrons. The van der Waals surface area contributed by atoms with Crippen molar-refractivity contribution < 1.29 is 9.72 Å². The van der Waals surface area contributed by atoms with Gasteiger partial charge in [-0.15, -0.1) is 0 Å². The van der Waals surface area contributed by atoms with Gasteiger partial charge in [0.05, 0.1) is 4.92 Å². The van der Waals surface area contributed by atoms with Crippen LogP contribution in [0.1, 0.15) is 25.3 Å². The van der Waals surface area contributed by atoms with Crippen LogP contribution in [0.3, 0.4) is 0 Å². The van der Waals surface area contributed by atoms with Gasteiger partial charge in [-0.3, -0.25) is 14.9 Å². The van der Waals surface area contributed by atoms with Crippen LogP contribution in [0.25, 0.3) is 0 Å². The number of anilines is 1. The molecule has 7 heteroatoms. The van der Waals surface area contributed by atoms with Crippen LogP contribution in [-0.2, 0) is 4.79 Å². The Kier molecular flexibility index (Phi) is 5.91. The lowest BCUT2D eigenvalue weighted by atomic mass is 10.0. The first-order chi connectivity index (χ1) is 9.36. The van der Waals surface area contributed by atoms with Crippen molar-refractivity contribution >= 4 is 28.9 Å². The molecule has 0 radical (unpaired) electrons. The quantitative estimate of drug-likeness (QED) is 0.623. The SMILES string of the molecule is Cc1cc([N+](=O)[O-])c(Cl)cc1NC(=O)C(C)CCCN. The first-order valence-corrected chi connectivity index (χ1v) is 6.70. The van der Waals surface area contributed by atoms with E-state index < -0.39 is 4.92 Å². The van der Waals surface area contributed by atoms with Crippen LogP contribution < -0.4 is 11.1 Å². The summed E-state index contributed by atoms with van der Waals surface area (Å²) >= 11 is 5.83. The summed E-state index contributed by atoms with van der Waals surface area (Å²) in [6, 6.07) is 2.76. The lowest BCUT2D eigenvalue weighted by Gasteiger charge is -2.13. The van der Waals surface area contributed by atoms with Crippen LogP contribution in [-0.4, -0.2) is 17.4 Å². The first kappa shape index (κ1) is 16.4. The fourth-order valence-electron chi connectivity index (χ4n) is 1.75. The Morgan fingerprint density at radius 2 is 2.20 bits per heavy atom. The maximum Gasteiger partial charge on any atom is 0.288 e. The van der Waals surface area contributed by atoms with E-state index in [1.54, 1.807) is 6.92 Å². The van der Waals surface area contributed by atoms with Gasteiger partial charge in [-0.1, -0.05) is 18.5 Å². The highest BCUT2D eigenvalue weighted by Gasteiger charge is 2.18. The third kappa shape index (κ3) is 4.18. The molecule has 0 spiro atoms. The van der Waals surface area contributed by atoms with Crippen molar-refractivity contribution in [2.45, 2.75) is 26.7 Å². The van der Waals surface area contributed by atoms with Crippen molar-refractivity contribution in [3.63, 3.8) is 0 Å². The fraction of sp³-hybridized carbons (Fsp3) is 0.462. The maximum atomic E-state index is 12.0. The number of nitrogens with zero attached hydrogens (tertiary/aromatic N) is 1. The van der Waals surface area contributed by atoms with E-state index in [-0.39, 0.29) is 22.5 Å². The molecule has 1 amide bonds. The second kappa shape index (κ2) is 7.21. The summed E-state index contributed by atoms with van der Waals surface area (Å²) in [4.78, 5) is 22.2. The predicted octanol–water partition coefficient (Wildman–Crippen LogP) is 2.87. The van der Waals surface area contributed by atoms with Gasteiger partial charge in [0, 0.05) is 17.7 Å². The van der Waals surface area contributed by atoms with E-state index in [0.717, 1.165) is 6.42 Å². The van der Waals surface area contributed by atoms with Crippen LogP contribution in [0, 0.1) is 23.0 Å². The molecule has 0 saturated carbocycles. The minimum absolute atomic E-state index is 0.00510. The number of carbonyl (C=O) groups excluding carboxylic acids is 1. The lowest BCUT2D eigenvalue weighted by molar-refractivity contribution is -0.384. The Hall–Kier alpha value is -1.66. The van der Waals surface area contributed by atoms with Gasteiger partial charge in [0.25, 0.3) is 5.69 Å². The van der Waals surface area contributed by atoms with Crippen molar-refractivity contribution in [3.8, 4) is 0 Å². The van der Waals surface area contributed by atoms with Gasteiger partial charge in [-0.2, -0.15) is 0 Å². The van der Waals surface area contributed by atoms with Gasteiger partial charge in [0.2, 0.25) is 5.91 Å². The zero-order valence-corrected chi connectivity index (χ0v) is 12.2. The second-order valence-corrected chi connectivity index (χ2v) is 5.10. The number of nitro benzene ring substituents is 1. The molecule has 1 aromatic carbocycles. The minimum Gasteiger partial charge on any atom is -0.330 e. The van der Waals surface area contributed by atoms with Gasteiger partial charge in [0.15, 0.2) is 0 Å². The molecule has 1 unspecified atom stereocenters. The number of rotatable bonds is 6. The molecular weight excluding hydrogens is 282 g/mol. The zero-order chi connectivity index (χ0) is 15.3. The molecule has 0 aliphatic carbocycles. The van der Waals surface area contributed by atoms with Gasteiger partial charge in [-0.05, 0) is 37.9 Å². The maximum absolute atomic E-state index is 12.0. The lowest BCUT2D eigenvalue weighted by Crippen LogP contribution is -2.21. The third-order valence-corrected chi connectivity index (χ3v) is 3.34. The van der Waals surface area contributed by atoms with E-state index in [1.165, 1.54) is 12.1 Å². The van der Waals surface area contributed by atoms with Crippen molar-refractivity contribution in [3.05, 3.63) is 32.8 Å². The molecule has 1 rings (SSSR count). The normalized spacial score (nSPS) is 12.0. The van der Waals surface area contributed by atoms with Gasteiger partial charge in [0.1, 0.15) is 5.02 Å². The summed E-state index contributed by atoms with van der Waals surface area (Å²) in [5, 5.41) is 13.5. The summed E-state index contributed by atoms with van der Waals surface area (Å²) in [7, 11) is 0. The van der Waals surface area contributed by atoms with Crippen molar-refractivity contribution in [1.82, 2.24) is 0 Å². The molecule has 0 fully saturated rings. The van der Waals surface area contributed by atoms with Gasteiger partial charge in [-0.25, -0.2) is 0 Å². The van der Waals surface area contributed by atoms with Crippen molar-refractivity contribution in [2.75, 3.05) is 11.9 Å². The molecule has 0 bridgehead atoms. The predicted molar refractivity (Wildman–Crippen MR) is 78.9 cm³/mol. The number of nitrogens with one attached hydrogen (secondary N) is 1. The number of benzene rings is 1. The monoisotopic (exact) mass is 299 g/mol. The van der Waals surface area contributed by atoms with E-state index in [9.17, 15) is 14.9 Å². The summed E-state index contributed by atoms with van der Waals surface area (Å²) in [6.07, 6.45) is 1.47. The Morgan fingerprint density at radius 1 is 1.55 bits per heavy atom. The Balaban J connectivity index is 2.85. The summed E-state index contributed by atoms with van der Waals surface area (Å²) in [6.45, 7) is 4.04. The Morgan fingerprint density at radius 3 is 2.75 bits per heavy atom. The average molecular weight is 300 g/mol. The minimum atomic E-state index is -0.551. The van der Waals surface area contributed by atoms with Crippen LogP contribution in [0.5, 0.6) is 0 Å². The van der Waals surface area contributed by atoms with Gasteiger partial charge < -0.3 is 11.1 Å². The summed E-state index contributed by atoms with van der Waals surface area (Å²) in [5.74, 6) is -0.321. The molecule has 6 nitrogen and oxygen atoms in total. The van der Waals surface area contributed by atoms with Crippen molar-refractivity contribution in [2.24, 2.45) is 11.7 Å². The topological polar surface area (TPSA) is 98.3 Å². The number of halogens is 1. The number of hydrogen-bond acceptors (Lipinski definition) is 4. The molecule has 3 N–H and O–H groups in total. The molecule has 1 aromatic rings. The second-order valence-electron chi connectivity index (χ2n) is 4.70. The smallest absolute Gasteiger partial charge is 0.288 e. The van der Waals surface area contributed by atoms with Crippen LogP contribution in [0.15, 0.2) is 12.1 Å². The number of nitro groups is 1. The van der Waals surface area contributed by atoms with Crippen LogP contribution in [0.2, 0.25) is 5.02 Å². The molecule has 20 heavy (non-hydrogen) atoms. The average Bonchev–Trinajstić information content (AvgIpc) is 2.39. The van der Waals surface area contributed by atoms with E-state index in [1.807, 2.05) is 6.92 Å². The number of carbonyl (C=O) groups is 1. The number of nitrogens with two attached hydrogens (primary N) is 1. The van der Waals surface area contributed by atoms with E-state index in [4.69, 9.17) is 17.3 Å². The fourth-order valence-corrected chi connectivity index (χ4v) is 1.98. The van der Waals surface area contributed by atoms with Crippen molar-refractivity contribution in [1.29, 1.82) is 0 Å². The molecule has 0 aliphatic rings.